The molecule has 2 heterocycles. The summed E-state index contributed by atoms with van der Waals surface area (Å²) in [7, 11) is 0. The van der Waals surface area contributed by atoms with Crippen LogP contribution in [-0.2, 0) is 13.1 Å². The molecule has 0 spiro atoms. The summed E-state index contributed by atoms with van der Waals surface area (Å²) in [6, 6.07) is 12.2. The maximum absolute atomic E-state index is 13.1. The van der Waals surface area contributed by atoms with Gasteiger partial charge >= 0.3 is 5.69 Å². The van der Waals surface area contributed by atoms with E-state index in [1.165, 1.54) is 13.6 Å². The van der Waals surface area contributed by atoms with Crippen molar-refractivity contribution in [1.82, 2.24) is 18.7 Å². The monoisotopic (exact) mass is 402 g/mol. The Bertz CT molecular complexity index is 1270. The van der Waals surface area contributed by atoms with E-state index in [2.05, 4.69) is 5.10 Å². The third-order valence-corrected chi connectivity index (χ3v) is 4.92. The fourth-order valence-electron chi connectivity index (χ4n) is 3.18. The number of hydrogen-bond donors (Lipinski definition) is 0. The first kappa shape index (κ1) is 17.8. The highest BCUT2D eigenvalue weighted by Crippen LogP contribution is 2.17. The summed E-state index contributed by atoms with van der Waals surface area (Å²) < 4.78 is 4.36. The number of halogens is 2. The maximum atomic E-state index is 13.1. The number of aryl methyl sites for hydroxylation is 1. The average Bonchev–Trinajstić information content (AvgIpc) is 2.97. The van der Waals surface area contributed by atoms with E-state index >= 15 is 0 Å². The van der Waals surface area contributed by atoms with Crippen molar-refractivity contribution in [3.05, 3.63) is 78.9 Å². The summed E-state index contributed by atoms with van der Waals surface area (Å²) in [5, 5.41) is 5.92. The average molecular weight is 403 g/mol. The second-order valence-electron chi connectivity index (χ2n) is 6.32. The van der Waals surface area contributed by atoms with Crippen LogP contribution in [0.5, 0.6) is 0 Å². The van der Waals surface area contributed by atoms with Crippen molar-refractivity contribution >= 4 is 39.9 Å². The van der Waals surface area contributed by atoms with Crippen LogP contribution >= 0.6 is 23.2 Å². The molecule has 2 aromatic heterocycles. The van der Waals surface area contributed by atoms with Crippen molar-refractivity contribution in [2.45, 2.75) is 26.4 Å². The number of aromatic nitrogens is 4. The molecular formula is C19H16Cl2N4O2. The normalized spacial score (nSPS) is 11.5. The van der Waals surface area contributed by atoms with Gasteiger partial charge in [-0.15, -0.1) is 5.10 Å². The second-order valence-corrected chi connectivity index (χ2v) is 7.19. The zero-order valence-electron chi connectivity index (χ0n) is 14.5. The van der Waals surface area contributed by atoms with E-state index in [4.69, 9.17) is 23.2 Å². The molecule has 0 atom stereocenters. The third kappa shape index (κ3) is 3.05. The molecule has 2 aromatic carbocycles. The predicted octanol–water partition coefficient (Wildman–Crippen LogP) is 3.58. The van der Waals surface area contributed by atoms with Crippen molar-refractivity contribution in [1.29, 1.82) is 0 Å². The van der Waals surface area contributed by atoms with Crippen LogP contribution in [0.2, 0.25) is 10.0 Å². The summed E-state index contributed by atoms with van der Waals surface area (Å²) in [6.07, 6.45) is 0.736. The molecule has 0 bridgehead atoms. The second kappa shape index (κ2) is 6.87. The highest BCUT2D eigenvalue weighted by molar-refractivity contribution is 6.31. The maximum Gasteiger partial charge on any atom is 0.352 e. The molecule has 0 aliphatic carbocycles. The highest BCUT2D eigenvalue weighted by atomic mass is 35.5. The number of fused-ring (bicyclic) bond motifs is 3. The molecule has 4 rings (SSSR count). The van der Waals surface area contributed by atoms with Crippen molar-refractivity contribution in [3.8, 4) is 0 Å². The molecule has 6 nitrogen and oxygen atoms in total. The van der Waals surface area contributed by atoms with Gasteiger partial charge in [0, 0.05) is 16.6 Å². The summed E-state index contributed by atoms with van der Waals surface area (Å²) >= 11 is 12.0. The van der Waals surface area contributed by atoms with E-state index in [1.807, 2.05) is 19.1 Å². The molecule has 0 amide bonds. The van der Waals surface area contributed by atoms with Crippen LogP contribution < -0.4 is 11.2 Å². The zero-order chi connectivity index (χ0) is 19.1. The minimum Gasteiger partial charge on any atom is -0.276 e. The molecule has 0 aliphatic rings. The molecule has 27 heavy (non-hydrogen) atoms. The van der Waals surface area contributed by atoms with Gasteiger partial charge in [-0.05, 0) is 42.3 Å². The molecule has 0 aliphatic heterocycles. The lowest BCUT2D eigenvalue weighted by Gasteiger charge is -2.08. The van der Waals surface area contributed by atoms with Gasteiger partial charge in [-0.3, -0.25) is 9.36 Å². The van der Waals surface area contributed by atoms with Crippen LogP contribution in [0.25, 0.3) is 16.7 Å². The number of hydrogen-bond acceptors (Lipinski definition) is 3. The quantitative estimate of drug-likeness (QED) is 0.524. The van der Waals surface area contributed by atoms with Crippen LogP contribution in [0.3, 0.4) is 0 Å². The van der Waals surface area contributed by atoms with Gasteiger partial charge in [0.2, 0.25) is 5.78 Å². The van der Waals surface area contributed by atoms with Crippen LogP contribution in [0.4, 0.5) is 0 Å². The Morgan fingerprint density at radius 2 is 1.70 bits per heavy atom. The molecular weight excluding hydrogens is 387 g/mol. The fraction of sp³-hybridized carbons (Fsp3) is 0.211. The molecule has 0 N–H and O–H groups in total. The van der Waals surface area contributed by atoms with Gasteiger partial charge in [0.25, 0.3) is 5.56 Å². The van der Waals surface area contributed by atoms with E-state index in [0.29, 0.717) is 33.3 Å². The van der Waals surface area contributed by atoms with Gasteiger partial charge in [0.1, 0.15) is 0 Å². The van der Waals surface area contributed by atoms with Crippen molar-refractivity contribution < 1.29 is 0 Å². The Hall–Kier alpha value is -2.57. The molecule has 138 valence electrons. The largest absolute Gasteiger partial charge is 0.352 e. The van der Waals surface area contributed by atoms with E-state index in [-0.39, 0.29) is 17.8 Å². The number of benzene rings is 2. The Balaban J connectivity index is 2.01. The van der Waals surface area contributed by atoms with Crippen molar-refractivity contribution in [2.75, 3.05) is 0 Å². The first-order valence-electron chi connectivity index (χ1n) is 8.55. The Morgan fingerprint density at radius 3 is 2.41 bits per heavy atom. The fourth-order valence-corrected chi connectivity index (χ4v) is 3.48. The van der Waals surface area contributed by atoms with Crippen LogP contribution in [0.15, 0.2) is 52.1 Å². The first-order valence-corrected chi connectivity index (χ1v) is 9.31. The zero-order valence-corrected chi connectivity index (χ0v) is 16.0. The molecule has 8 heteroatoms. The lowest BCUT2D eigenvalue weighted by atomic mass is 10.2. The van der Waals surface area contributed by atoms with Crippen LogP contribution in [0.1, 0.15) is 18.9 Å². The van der Waals surface area contributed by atoms with Crippen molar-refractivity contribution in [2.24, 2.45) is 0 Å². The first-order chi connectivity index (χ1) is 13.0. The van der Waals surface area contributed by atoms with Gasteiger partial charge < -0.3 is 0 Å². The van der Waals surface area contributed by atoms with Gasteiger partial charge in [-0.1, -0.05) is 42.3 Å². The SMILES string of the molecule is CCCn1c(=O)c2cc(Cl)ccc2n2c(=O)n(Cc3ccc(Cl)cc3)nc12. The van der Waals surface area contributed by atoms with Gasteiger partial charge in [0.15, 0.2) is 0 Å². The Morgan fingerprint density at radius 1 is 1.00 bits per heavy atom. The minimum absolute atomic E-state index is 0.203. The van der Waals surface area contributed by atoms with E-state index in [1.54, 1.807) is 30.3 Å². The summed E-state index contributed by atoms with van der Waals surface area (Å²) in [5.74, 6) is 0.329. The summed E-state index contributed by atoms with van der Waals surface area (Å²) in [6.45, 7) is 2.71. The van der Waals surface area contributed by atoms with E-state index in [9.17, 15) is 9.59 Å². The molecule has 0 saturated heterocycles. The third-order valence-electron chi connectivity index (χ3n) is 4.43. The molecule has 0 unspecified atom stereocenters. The standard InChI is InChI=1S/C19H16Cl2N4O2/c1-2-9-23-17(26)15-10-14(21)7-8-16(15)25-18(23)22-24(19(25)27)11-12-3-5-13(20)6-4-12/h3-8,10H,2,9,11H2,1H3. The topological polar surface area (TPSA) is 61.3 Å². The van der Waals surface area contributed by atoms with Crippen LogP contribution in [-0.4, -0.2) is 18.7 Å². The molecule has 0 saturated carbocycles. The highest BCUT2D eigenvalue weighted by Gasteiger charge is 2.17. The molecule has 4 aromatic rings. The van der Waals surface area contributed by atoms with E-state index in [0.717, 1.165) is 12.0 Å². The summed E-state index contributed by atoms with van der Waals surface area (Å²) in [4.78, 5) is 26.0. The predicted molar refractivity (Wildman–Crippen MR) is 107 cm³/mol. The lowest BCUT2D eigenvalue weighted by Crippen LogP contribution is -2.26. The van der Waals surface area contributed by atoms with Gasteiger partial charge in [-0.2, -0.15) is 0 Å². The summed E-state index contributed by atoms with van der Waals surface area (Å²) in [5.41, 5.74) is 0.878. The molecule has 0 fully saturated rings. The smallest absolute Gasteiger partial charge is 0.276 e. The van der Waals surface area contributed by atoms with Gasteiger partial charge in [-0.25, -0.2) is 13.9 Å². The Labute approximate surface area is 164 Å². The van der Waals surface area contributed by atoms with Crippen LogP contribution in [0, 0.1) is 0 Å². The molecule has 0 radical (unpaired) electrons. The minimum atomic E-state index is -0.308. The number of rotatable bonds is 4. The van der Waals surface area contributed by atoms with Gasteiger partial charge in [0.05, 0.1) is 17.4 Å². The lowest BCUT2D eigenvalue weighted by molar-refractivity contribution is 0.639. The van der Waals surface area contributed by atoms with Crippen molar-refractivity contribution in [3.63, 3.8) is 0 Å². The Kier molecular flexibility index (Phi) is 4.53. The number of nitrogens with zero attached hydrogens (tertiary/aromatic N) is 4. The van der Waals surface area contributed by atoms with E-state index < -0.39 is 0 Å².